The van der Waals surface area contributed by atoms with E-state index in [2.05, 4.69) is 63.7 Å². The smallest absolute Gasteiger partial charge is 0.242 e. The summed E-state index contributed by atoms with van der Waals surface area (Å²) < 4.78 is 1.96. The zero-order chi connectivity index (χ0) is 26.9. The summed E-state index contributed by atoms with van der Waals surface area (Å²) in [5.74, 6) is 0.909. The van der Waals surface area contributed by atoms with Crippen LogP contribution in [0.4, 0.5) is 5.82 Å². The van der Waals surface area contributed by atoms with E-state index in [1.807, 2.05) is 45.8 Å². The van der Waals surface area contributed by atoms with Gasteiger partial charge in [0.1, 0.15) is 11.5 Å². The number of nitrogens with one attached hydrogen (secondary N) is 1. The van der Waals surface area contributed by atoms with Crippen LogP contribution in [-0.2, 0) is 17.6 Å². The molecule has 1 amide bonds. The van der Waals surface area contributed by atoms with Crippen LogP contribution in [0.5, 0.6) is 0 Å². The normalized spacial score (nSPS) is 15.8. The second-order valence-electron chi connectivity index (χ2n) is 10.6. The van der Waals surface area contributed by atoms with Gasteiger partial charge in [-0.1, -0.05) is 78.9 Å². The number of rotatable bonds is 5. The van der Waals surface area contributed by atoms with E-state index in [0.29, 0.717) is 13.1 Å². The predicted molar refractivity (Wildman–Crippen MR) is 157 cm³/mol. The van der Waals surface area contributed by atoms with Crippen LogP contribution in [0.25, 0.3) is 16.9 Å². The van der Waals surface area contributed by atoms with E-state index >= 15 is 0 Å². The molecule has 5 aromatic rings. The number of nitrogens with zero attached hydrogens (tertiary/aromatic N) is 5. The number of aromatic nitrogens is 3. The van der Waals surface area contributed by atoms with Crippen LogP contribution in [0.2, 0.25) is 0 Å². The summed E-state index contributed by atoms with van der Waals surface area (Å²) >= 11 is 0. The lowest BCUT2D eigenvalue weighted by atomic mass is 9.92. The van der Waals surface area contributed by atoms with Gasteiger partial charge in [-0.25, -0.2) is 4.98 Å². The van der Waals surface area contributed by atoms with Gasteiger partial charge in [0.15, 0.2) is 5.65 Å². The Balaban J connectivity index is 1.07. The van der Waals surface area contributed by atoms with E-state index < -0.39 is 0 Å². The number of hydrogen-bond donors (Lipinski definition) is 1. The number of carbonyl (C=O) groups is 1. The third-order valence-electron chi connectivity index (χ3n) is 8.28. The van der Waals surface area contributed by atoms with Gasteiger partial charge in [-0.05, 0) is 35.1 Å². The molecule has 7 nitrogen and oxygen atoms in total. The second-order valence-corrected chi connectivity index (χ2v) is 10.6. The molecular formula is C33H32N6O. The van der Waals surface area contributed by atoms with Gasteiger partial charge < -0.3 is 10.2 Å². The summed E-state index contributed by atoms with van der Waals surface area (Å²) in [5, 5.41) is 3.41. The molecule has 0 unspecified atom stereocenters. The van der Waals surface area contributed by atoms with Gasteiger partial charge in [0.2, 0.25) is 5.91 Å². The van der Waals surface area contributed by atoms with E-state index in [1.165, 1.54) is 22.3 Å². The predicted octanol–water partition coefficient (Wildman–Crippen LogP) is 4.84. The summed E-state index contributed by atoms with van der Waals surface area (Å²) in [4.78, 5) is 27.0. The molecule has 0 spiro atoms. The Kier molecular flexibility index (Phi) is 6.49. The third kappa shape index (κ3) is 4.52. The summed E-state index contributed by atoms with van der Waals surface area (Å²) in [7, 11) is 0. The van der Waals surface area contributed by atoms with Crippen molar-refractivity contribution < 1.29 is 4.79 Å². The molecule has 3 heterocycles. The molecule has 0 saturated carbocycles. The molecule has 0 radical (unpaired) electrons. The van der Waals surface area contributed by atoms with Crippen LogP contribution in [0.15, 0.2) is 97.5 Å². The topological polar surface area (TPSA) is 65.8 Å². The highest BCUT2D eigenvalue weighted by atomic mass is 16.2. The fourth-order valence-corrected chi connectivity index (χ4v) is 6.26. The van der Waals surface area contributed by atoms with Gasteiger partial charge in [0.05, 0.1) is 18.8 Å². The number of amides is 1. The van der Waals surface area contributed by atoms with Gasteiger partial charge in [0.25, 0.3) is 0 Å². The maximum absolute atomic E-state index is 13.4. The highest BCUT2D eigenvalue weighted by molar-refractivity contribution is 5.84. The third-order valence-corrected chi connectivity index (χ3v) is 8.28. The number of anilines is 1. The van der Waals surface area contributed by atoms with Gasteiger partial charge >= 0.3 is 0 Å². The Morgan fingerprint density at radius 2 is 1.48 bits per heavy atom. The molecule has 7 rings (SSSR count). The summed E-state index contributed by atoms with van der Waals surface area (Å²) in [6.07, 6.45) is 7.49. The molecule has 2 aliphatic rings. The first kappa shape index (κ1) is 24.5. The van der Waals surface area contributed by atoms with E-state index in [0.717, 1.165) is 48.7 Å². The lowest BCUT2D eigenvalue weighted by Gasteiger charge is -2.40. The van der Waals surface area contributed by atoms with Crippen LogP contribution in [0.1, 0.15) is 28.3 Å². The number of aryl methyl sites for hydroxylation is 2. The van der Waals surface area contributed by atoms with Crippen LogP contribution < -0.4 is 5.32 Å². The number of imidazole rings is 1. The van der Waals surface area contributed by atoms with E-state index in [-0.39, 0.29) is 18.5 Å². The van der Waals surface area contributed by atoms with E-state index in [1.54, 1.807) is 12.4 Å². The fraction of sp³-hybridized carbons (Fsp3) is 0.242. The Morgan fingerprint density at radius 3 is 2.17 bits per heavy atom. The van der Waals surface area contributed by atoms with Crippen molar-refractivity contribution in [1.82, 2.24) is 24.2 Å². The SMILES string of the molecule is O=C(CNc1c(-c2ccccc2)nc2cnccn12)N1CCN(C2c3ccccc3CCc3ccccc32)CC1. The van der Waals surface area contributed by atoms with Crippen molar-refractivity contribution in [3.05, 3.63) is 120 Å². The quantitative estimate of drug-likeness (QED) is 0.354. The van der Waals surface area contributed by atoms with Crippen molar-refractivity contribution >= 4 is 17.4 Å². The molecule has 3 aromatic carbocycles. The van der Waals surface area contributed by atoms with Gasteiger partial charge in [-0.15, -0.1) is 0 Å². The number of benzene rings is 3. The van der Waals surface area contributed by atoms with Crippen molar-refractivity contribution in [3.8, 4) is 11.3 Å². The van der Waals surface area contributed by atoms with Crippen LogP contribution in [-0.4, -0.2) is 62.8 Å². The van der Waals surface area contributed by atoms with Crippen molar-refractivity contribution in [2.24, 2.45) is 0 Å². The molecule has 2 aromatic heterocycles. The average Bonchev–Trinajstić information content (AvgIpc) is 3.30. The number of fused-ring (bicyclic) bond motifs is 3. The summed E-state index contributed by atoms with van der Waals surface area (Å²) in [6.45, 7) is 3.32. The zero-order valence-corrected chi connectivity index (χ0v) is 22.4. The van der Waals surface area contributed by atoms with Crippen LogP contribution in [0.3, 0.4) is 0 Å². The van der Waals surface area contributed by atoms with Crippen LogP contribution >= 0.6 is 0 Å². The number of piperazine rings is 1. The second kappa shape index (κ2) is 10.6. The Morgan fingerprint density at radius 1 is 0.825 bits per heavy atom. The average molecular weight is 529 g/mol. The van der Waals surface area contributed by atoms with Crippen molar-refractivity contribution in [2.75, 3.05) is 38.0 Å². The summed E-state index contributed by atoms with van der Waals surface area (Å²) in [6, 6.07) is 28.0. The lowest BCUT2D eigenvalue weighted by Crippen LogP contribution is -2.51. The maximum atomic E-state index is 13.4. The zero-order valence-electron chi connectivity index (χ0n) is 22.4. The Bertz CT molecular complexity index is 1610. The summed E-state index contributed by atoms with van der Waals surface area (Å²) in [5.41, 5.74) is 8.24. The molecule has 1 saturated heterocycles. The first-order valence-electron chi connectivity index (χ1n) is 14.0. The minimum absolute atomic E-state index is 0.101. The Labute approximate surface area is 234 Å². The maximum Gasteiger partial charge on any atom is 0.242 e. The molecule has 7 heteroatoms. The van der Waals surface area contributed by atoms with Crippen molar-refractivity contribution in [2.45, 2.75) is 18.9 Å². The molecule has 200 valence electrons. The van der Waals surface area contributed by atoms with Gasteiger partial charge in [-0.3, -0.25) is 19.1 Å². The van der Waals surface area contributed by atoms with E-state index in [9.17, 15) is 4.79 Å². The van der Waals surface area contributed by atoms with Crippen molar-refractivity contribution in [3.63, 3.8) is 0 Å². The highest BCUT2D eigenvalue weighted by Gasteiger charge is 2.32. The fourth-order valence-electron chi connectivity index (χ4n) is 6.26. The standard InChI is InChI=1S/C33H32N6O/c40-30(23-35-33-31(26-10-2-1-3-11-26)36-29-22-34-16-17-39(29)33)37-18-20-38(21-19-37)32-27-12-6-4-8-24(27)14-15-25-9-5-7-13-28(25)32/h1-13,16-17,22,32,35H,14-15,18-21,23H2. The minimum atomic E-state index is 0.101. The molecule has 1 aliphatic heterocycles. The van der Waals surface area contributed by atoms with E-state index in [4.69, 9.17) is 4.98 Å². The first-order chi connectivity index (χ1) is 19.8. The number of carbonyl (C=O) groups excluding carboxylic acids is 1. The Hall–Kier alpha value is -4.49. The first-order valence-corrected chi connectivity index (χ1v) is 14.0. The molecular weight excluding hydrogens is 496 g/mol. The van der Waals surface area contributed by atoms with Gasteiger partial charge in [-0.2, -0.15) is 0 Å². The number of hydrogen-bond acceptors (Lipinski definition) is 5. The lowest BCUT2D eigenvalue weighted by molar-refractivity contribution is -0.131. The molecule has 1 N–H and O–H groups in total. The monoisotopic (exact) mass is 528 g/mol. The molecule has 40 heavy (non-hydrogen) atoms. The molecule has 1 aliphatic carbocycles. The van der Waals surface area contributed by atoms with Crippen LogP contribution in [0, 0.1) is 0 Å². The molecule has 0 atom stereocenters. The molecule has 0 bridgehead atoms. The molecule has 1 fully saturated rings. The van der Waals surface area contributed by atoms with Gasteiger partial charge in [0, 0.05) is 44.1 Å². The highest BCUT2D eigenvalue weighted by Crippen LogP contribution is 2.37. The van der Waals surface area contributed by atoms with Crippen molar-refractivity contribution in [1.29, 1.82) is 0 Å². The minimum Gasteiger partial charge on any atom is -0.360 e. The largest absolute Gasteiger partial charge is 0.360 e.